The van der Waals surface area contributed by atoms with E-state index in [0.29, 0.717) is 0 Å². The first-order valence-electron chi connectivity index (χ1n) is 6.87. The zero-order chi connectivity index (χ0) is 14.1. The maximum atomic E-state index is 11.8. The van der Waals surface area contributed by atoms with Crippen LogP contribution in [0, 0.1) is 0 Å². The van der Waals surface area contributed by atoms with Crippen LogP contribution in [-0.2, 0) is 6.42 Å². The molecule has 3 N–H and O–H groups in total. The minimum atomic E-state index is -0.223. The average molecular weight is 264 g/mol. The molecule has 1 aromatic rings. The standard InChI is InChI=1S/C15H24N2O2/c1-3-7-14(10-13-8-5-4-6-9-13)17-15(19)16-12(2)11-18/h4-6,8-9,12,14,18H,3,7,10-11H2,1-2H3,(H2,16,17,19)/t12-,14?/m0/s1. The Kier molecular flexibility index (Phi) is 6.97. The number of aliphatic hydroxyl groups is 1. The second-order valence-corrected chi connectivity index (χ2v) is 4.88. The number of aliphatic hydroxyl groups excluding tert-OH is 1. The lowest BCUT2D eigenvalue weighted by Gasteiger charge is -2.20. The summed E-state index contributed by atoms with van der Waals surface area (Å²) >= 11 is 0. The van der Waals surface area contributed by atoms with Crippen molar-refractivity contribution < 1.29 is 9.90 Å². The Morgan fingerprint density at radius 1 is 1.26 bits per heavy atom. The third-order valence-electron chi connectivity index (χ3n) is 2.95. The van der Waals surface area contributed by atoms with Crippen molar-refractivity contribution >= 4 is 6.03 Å². The molecular formula is C15H24N2O2. The predicted molar refractivity (Wildman–Crippen MR) is 77.1 cm³/mol. The van der Waals surface area contributed by atoms with Gasteiger partial charge in [-0.15, -0.1) is 0 Å². The normalized spacial score (nSPS) is 13.6. The lowest BCUT2D eigenvalue weighted by molar-refractivity contribution is 0.217. The number of carbonyl (C=O) groups is 1. The Labute approximate surface area is 115 Å². The van der Waals surface area contributed by atoms with Gasteiger partial charge in [-0.25, -0.2) is 4.79 Å². The largest absolute Gasteiger partial charge is 0.394 e. The molecule has 1 rings (SSSR count). The maximum absolute atomic E-state index is 11.8. The van der Waals surface area contributed by atoms with E-state index in [1.165, 1.54) is 5.56 Å². The number of rotatable bonds is 7. The van der Waals surface area contributed by atoms with Crippen molar-refractivity contribution in [2.45, 2.75) is 45.2 Å². The van der Waals surface area contributed by atoms with E-state index in [4.69, 9.17) is 5.11 Å². The summed E-state index contributed by atoms with van der Waals surface area (Å²) < 4.78 is 0. The van der Waals surface area contributed by atoms with E-state index in [9.17, 15) is 4.79 Å². The maximum Gasteiger partial charge on any atom is 0.315 e. The Morgan fingerprint density at radius 3 is 2.53 bits per heavy atom. The summed E-state index contributed by atoms with van der Waals surface area (Å²) in [6, 6.07) is 9.82. The van der Waals surface area contributed by atoms with Crippen molar-refractivity contribution in [3.63, 3.8) is 0 Å². The van der Waals surface area contributed by atoms with Crippen LogP contribution in [0.1, 0.15) is 32.3 Å². The molecule has 1 aromatic carbocycles. The van der Waals surface area contributed by atoms with Crippen molar-refractivity contribution in [1.29, 1.82) is 0 Å². The molecule has 0 aromatic heterocycles. The molecule has 0 aliphatic carbocycles. The number of urea groups is 1. The van der Waals surface area contributed by atoms with Crippen LogP contribution in [0.25, 0.3) is 0 Å². The number of benzene rings is 1. The van der Waals surface area contributed by atoms with Crippen molar-refractivity contribution in [2.24, 2.45) is 0 Å². The molecule has 1 unspecified atom stereocenters. The first-order chi connectivity index (χ1) is 9.15. The van der Waals surface area contributed by atoms with Crippen LogP contribution in [-0.4, -0.2) is 29.8 Å². The summed E-state index contributed by atoms with van der Waals surface area (Å²) in [7, 11) is 0. The summed E-state index contributed by atoms with van der Waals surface area (Å²) in [5.41, 5.74) is 1.22. The minimum absolute atomic E-state index is 0.0510. The summed E-state index contributed by atoms with van der Waals surface area (Å²) in [6.07, 6.45) is 2.79. The van der Waals surface area contributed by atoms with Crippen LogP contribution in [0.5, 0.6) is 0 Å². The second-order valence-electron chi connectivity index (χ2n) is 4.88. The Bertz CT molecular complexity index is 368. The van der Waals surface area contributed by atoms with Crippen LogP contribution >= 0.6 is 0 Å². The highest BCUT2D eigenvalue weighted by Crippen LogP contribution is 2.07. The van der Waals surface area contributed by atoms with Gasteiger partial charge in [-0.05, 0) is 25.3 Å². The molecule has 2 atom stereocenters. The molecule has 0 aliphatic rings. The van der Waals surface area contributed by atoms with E-state index in [1.54, 1.807) is 6.92 Å². The van der Waals surface area contributed by atoms with Gasteiger partial charge in [-0.3, -0.25) is 0 Å². The zero-order valence-corrected chi connectivity index (χ0v) is 11.7. The highest BCUT2D eigenvalue weighted by molar-refractivity contribution is 5.74. The fourth-order valence-corrected chi connectivity index (χ4v) is 1.97. The molecule has 0 radical (unpaired) electrons. The van der Waals surface area contributed by atoms with Crippen molar-refractivity contribution in [2.75, 3.05) is 6.61 Å². The van der Waals surface area contributed by atoms with Gasteiger partial charge < -0.3 is 15.7 Å². The third kappa shape index (κ3) is 6.25. The van der Waals surface area contributed by atoms with Gasteiger partial charge in [0.1, 0.15) is 0 Å². The third-order valence-corrected chi connectivity index (χ3v) is 2.95. The van der Waals surface area contributed by atoms with E-state index >= 15 is 0 Å². The van der Waals surface area contributed by atoms with Crippen LogP contribution < -0.4 is 10.6 Å². The number of hydrogen-bond donors (Lipinski definition) is 3. The summed E-state index contributed by atoms with van der Waals surface area (Å²) in [6.45, 7) is 3.82. The average Bonchev–Trinajstić information content (AvgIpc) is 2.39. The molecular weight excluding hydrogens is 240 g/mol. The minimum Gasteiger partial charge on any atom is -0.394 e. The van der Waals surface area contributed by atoms with E-state index in [1.807, 2.05) is 18.2 Å². The SMILES string of the molecule is CCCC(Cc1ccccc1)NC(=O)N[C@@H](C)CO. The number of carbonyl (C=O) groups excluding carboxylic acids is 1. The Balaban J connectivity index is 2.50. The quantitative estimate of drug-likeness (QED) is 0.706. The van der Waals surface area contributed by atoms with Gasteiger partial charge in [-0.1, -0.05) is 43.7 Å². The number of nitrogens with one attached hydrogen (secondary N) is 2. The van der Waals surface area contributed by atoms with E-state index in [-0.39, 0.29) is 24.7 Å². The fraction of sp³-hybridized carbons (Fsp3) is 0.533. The van der Waals surface area contributed by atoms with Gasteiger partial charge in [0, 0.05) is 6.04 Å². The zero-order valence-electron chi connectivity index (χ0n) is 11.7. The monoisotopic (exact) mass is 264 g/mol. The van der Waals surface area contributed by atoms with Crippen molar-refractivity contribution in [3.05, 3.63) is 35.9 Å². The summed E-state index contributed by atoms with van der Waals surface area (Å²) in [5, 5.41) is 14.6. The molecule has 2 amide bonds. The van der Waals surface area contributed by atoms with E-state index in [2.05, 4.69) is 29.7 Å². The molecule has 0 spiro atoms. The summed E-state index contributed by atoms with van der Waals surface area (Å²) in [4.78, 5) is 11.8. The van der Waals surface area contributed by atoms with Gasteiger partial charge in [0.05, 0.1) is 12.6 Å². The first-order valence-corrected chi connectivity index (χ1v) is 6.87. The topological polar surface area (TPSA) is 61.4 Å². The summed E-state index contributed by atoms with van der Waals surface area (Å²) in [5.74, 6) is 0. The first kappa shape index (κ1) is 15.5. The fourth-order valence-electron chi connectivity index (χ4n) is 1.97. The lowest BCUT2D eigenvalue weighted by atomic mass is 10.0. The molecule has 4 heteroatoms. The van der Waals surface area contributed by atoms with Gasteiger partial charge in [0.25, 0.3) is 0 Å². The second kappa shape index (κ2) is 8.53. The van der Waals surface area contributed by atoms with Crippen LogP contribution in [0.4, 0.5) is 4.79 Å². The van der Waals surface area contributed by atoms with Gasteiger partial charge in [0.2, 0.25) is 0 Å². The number of hydrogen-bond acceptors (Lipinski definition) is 2. The number of amides is 2. The van der Waals surface area contributed by atoms with Crippen LogP contribution in [0.15, 0.2) is 30.3 Å². The molecule has 4 nitrogen and oxygen atoms in total. The van der Waals surface area contributed by atoms with E-state index in [0.717, 1.165) is 19.3 Å². The van der Waals surface area contributed by atoms with Crippen LogP contribution in [0.3, 0.4) is 0 Å². The highest BCUT2D eigenvalue weighted by Gasteiger charge is 2.13. The smallest absolute Gasteiger partial charge is 0.315 e. The molecule has 0 bridgehead atoms. The van der Waals surface area contributed by atoms with E-state index < -0.39 is 0 Å². The van der Waals surface area contributed by atoms with Crippen LogP contribution in [0.2, 0.25) is 0 Å². The molecule has 0 aliphatic heterocycles. The molecule has 0 fully saturated rings. The lowest BCUT2D eigenvalue weighted by Crippen LogP contribution is -2.47. The highest BCUT2D eigenvalue weighted by atomic mass is 16.3. The van der Waals surface area contributed by atoms with Gasteiger partial charge in [-0.2, -0.15) is 0 Å². The molecule has 106 valence electrons. The molecule has 19 heavy (non-hydrogen) atoms. The van der Waals surface area contributed by atoms with Crippen molar-refractivity contribution in [3.8, 4) is 0 Å². The van der Waals surface area contributed by atoms with Crippen molar-refractivity contribution in [1.82, 2.24) is 10.6 Å². The Hall–Kier alpha value is -1.55. The Morgan fingerprint density at radius 2 is 1.95 bits per heavy atom. The molecule has 0 saturated heterocycles. The predicted octanol–water partition coefficient (Wildman–Crippen LogP) is 2.08. The van der Waals surface area contributed by atoms with Gasteiger partial charge in [0.15, 0.2) is 0 Å². The van der Waals surface area contributed by atoms with Gasteiger partial charge >= 0.3 is 6.03 Å². The molecule has 0 heterocycles. The molecule has 0 saturated carbocycles.